The molecule has 0 saturated heterocycles. The van der Waals surface area contributed by atoms with Gasteiger partial charge < -0.3 is 5.32 Å². The summed E-state index contributed by atoms with van der Waals surface area (Å²) >= 11 is 0. The maximum absolute atomic E-state index is 4.56. The molecule has 0 amide bonds. The summed E-state index contributed by atoms with van der Waals surface area (Å²) in [6, 6.07) is 1.03. The molecule has 1 N–H and O–H groups in total. The van der Waals surface area contributed by atoms with Gasteiger partial charge in [-0.3, -0.25) is 4.68 Å². The number of rotatable bonds is 7. The number of hydrogen-bond acceptors (Lipinski definition) is 2. The van der Waals surface area contributed by atoms with Gasteiger partial charge in [0.15, 0.2) is 0 Å². The lowest BCUT2D eigenvalue weighted by atomic mass is 10.1. The molecule has 1 aromatic rings. The van der Waals surface area contributed by atoms with E-state index in [1.807, 2.05) is 6.20 Å². The Morgan fingerprint density at radius 3 is 2.53 bits per heavy atom. The van der Waals surface area contributed by atoms with Crippen LogP contribution in [0.5, 0.6) is 0 Å². The Morgan fingerprint density at radius 1 is 1.29 bits per heavy atom. The van der Waals surface area contributed by atoms with Crippen LogP contribution in [0.2, 0.25) is 0 Å². The van der Waals surface area contributed by atoms with E-state index < -0.39 is 0 Å². The van der Waals surface area contributed by atoms with Crippen LogP contribution in [0.25, 0.3) is 0 Å². The fourth-order valence-electron chi connectivity index (χ4n) is 1.95. The van der Waals surface area contributed by atoms with E-state index in [-0.39, 0.29) is 0 Å². The molecule has 0 fully saturated rings. The summed E-state index contributed by atoms with van der Waals surface area (Å²) in [5, 5.41) is 8.04. The highest BCUT2D eigenvalue weighted by atomic mass is 15.3. The fraction of sp³-hybridized carbons (Fsp3) is 0.786. The quantitative estimate of drug-likeness (QED) is 0.788. The lowest BCUT2D eigenvalue weighted by Crippen LogP contribution is -2.22. The van der Waals surface area contributed by atoms with Crippen LogP contribution in [0, 0.1) is 0 Å². The Labute approximate surface area is 106 Å². The van der Waals surface area contributed by atoms with Crippen LogP contribution in [0.3, 0.4) is 0 Å². The summed E-state index contributed by atoms with van der Waals surface area (Å²) in [6.07, 6.45) is 5.47. The average molecular weight is 237 g/mol. The van der Waals surface area contributed by atoms with Crippen molar-refractivity contribution in [2.45, 2.75) is 72.5 Å². The highest BCUT2D eigenvalue weighted by Crippen LogP contribution is 2.18. The SMILES string of the molecule is CCCc1c(CNC(C)C)cnn1C(C)CC. The molecule has 0 aliphatic heterocycles. The van der Waals surface area contributed by atoms with E-state index in [2.05, 4.69) is 49.7 Å². The summed E-state index contributed by atoms with van der Waals surface area (Å²) in [6.45, 7) is 12.0. The van der Waals surface area contributed by atoms with Gasteiger partial charge in [0.05, 0.1) is 6.20 Å². The Kier molecular flexibility index (Phi) is 5.69. The van der Waals surface area contributed by atoms with E-state index in [1.54, 1.807) is 0 Å². The van der Waals surface area contributed by atoms with Gasteiger partial charge in [-0.05, 0) is 19.8 Å². The van der Waals surface area contributed by atoms with Crippen LogP contribution in [-0.4, -0.2) is 15.8 Å². The largest absolute Gasteiger partial charge is 0.310 e. The van der Waals surface area contributed by atoms with Gasteiger partial charge in [0.2, 0.25) is 0 Å². The molecule has 1 heterocycles. The Bertz CT molecular complexity index is 328. The fourth-order valence-corrected chi connectivity index (χ4v) is 1.95. The molecule has 0 bridgehead atoms. The second-order valence-electron chi connectivity index (χ2n) is 5.10. The molecule has 0 radical (unpaired) electrons. The average Bonchev–Trinajstić information content (AvgIpc) is 2.69. The van der Waals surface area contributed by atoms with E-state index in [1.165, 1.54) is 17.7 Å². The maximum Gasteiger partial charge on any atom is 0.0537 e. The van der Waals surface area contributed by atoms with E-state index in [4.69, 9.17) is 0 Å². The minimum atomic E-state index is 0.504. The highest BCUT2D eigenvalue weighted by Gasteiger charge is 2.13. The predicted octanol–water partition coefficient (Wildman–Crippen LogP) is 3.30. The van der Waals surface area contributed by atoms with Crippen LogP contribution in [0.15, 0.2) is 6.20 Å². The molecule has 1 atom stereocenters. The standard InChI is InChI=1S/C14H27N3/c1-6-8-14-13(9-15-11(3)4)10-16-17(14)12(5)7-2/h10-12,15H,6-9H2,1-5H3. The van der Waals surface area contributed by atoms with Crippen molar-refractivity contribution in [1.82, 2.24) is 15.1 Å². The van der Waals surface area contributed by atoms with E-state index in [0.717, 1.165) is 19.4 Å². The summed E-state index contributed by atoms with van der Waals surface area (Å²) in [5.74, 6) is 0. The van der Waals surface area contributed by atoms with E-state index in [9.17, 15) is 0 Å². The Balaban J connectivity index is 2.85. The summed E-state index contributed by atoms with van der Waals surface area (Å²) in [7, 11) is 0. The molecule has 1 rings (SSSR count). The molecule has 3 nitrogen and oxygen atoms in total. The second kappa shape index (κ2) is 6.80. The Hall–Kier alpha value is -0.830. The molecule has 1 unspecified atom stereocenters. The summed E-state index contributed by atoms with van der Waals surface area (Å²) in [4.78, 5) is 0. The minimum absolute atomic E-state index is 0.504. The topological polar surface area (TPSA) is 29.9 Å². The van der Waals surface area contributed by atoms with E-state index in [0.29, 0.717) is 12.1 Å². The van der Waals surface area contributed by atoms with E-state index >= 15 is 0 Å². The van der Waals surface area contributed by atoms with Crippen LogP contribution in [0.1, 0.15) is 64.8 Å². The van der Waals surface area contributed by atoms with Crippen molar-refractivity contribution in [3.05, 3.63) is 17.5 Å². The third-order valence-corrected chi connectivity index (χ3v) is 3.18. The zero-order chi connectivity index (χ0) is 12.8. The molecule has 0 saturated carbocycles. The van der Waals surface area contributed by atoms with Crippen molar-refractivity contribution in [1.29, 1.82) is 0 Å². The second-order valence-corrected chi connectivity index (χ2v) is 5.10. The number of nitrogens with one attached hydrogen (secondary N) is 1. The molecular weight excluding hydrogens is 210 g/mol. The first kappa shape index (κ1) is 14.2. The normalized spacial score (nSPS) is 13.3. The molecule has 0 aliphatic carbocycles. The summed E-state index contributed by atoms with van der Waals surface area (Å²) < 4.78 is 2.21. The molecular formula is C14H27N3. The molecule has 0 aliphatic rings. The van der Waals surface area contributed by atoms with Crippen molar-refractivity contribution in [3.8, 4) is 0 Å². The van der Waals surface area contributed by atoms with Gasteiger partial charge in [-0.15, -0.1) is 0 Å². The predicted molar refractivity (Wildman–Crippen MR) is 73.2 cm³/mol. The first-order valence-corrected chi connectivity index (χ1v) is 6.88. The number of aromatic nitrogens is 2. The minimum Gasteiger partial charge on any atom is -0.310 e. The first-order chi connectivity index (χ1) is 8.10. The smallest absolute Gasteiger partial charge is 0.0537 e. The van der Waals surface area contributed by atoms with Gasteiger partial charge in [-0.2, -0.15) is 5.10 Å². The molecule has 1 aromatic heterocycles. The first-order valence-electron chi connectivity index (χ1n) is 6.88. The lowest BCUT2D eigenvalue weighted by molar-refractivity contribution is 0.457. The molecule has 0 spiro atoms. The van der Waals surface area contributed by atoms with Crippen LogP contribution in [-0.2, 0) is 13.0 Å². The van der Waals surface area contributed by atoms with Gasteiger partial charge in [0.1, 0.15) is 0 Å². The van der Waals surface area contributed by atoms with Crippen LogP contribution < -0.4 is 5.32 Å². The van der Waals surface area contributed by atoms with Crippen molar-refractivity contribution in [2.24, 2.45) is 0 Å². The van der Waals surface area contributed by atoms with Crippen molar-refractivity contribution < 1.29 is 0 Å². The van der Waals surface area contributed by atoms with Crippen LogP contribution >= 0.6 is 0 Å². The molecule has 17 heavy (non-hydrogen) atoms. The van der Waals surface area contributed by atoms with Gasteiger partial charge in [-0.25, -0.2) is 0 Å². The zero-order valence-corrected chi connectivity index (χ0v) is 12.0. The van der Waals surface area contributed by atoms with Gasteiger partial charge in [0.25, 0.3) is 0 Å². The third kappa shape index (κ3) is 3.84. The summed E-state index contributed by atoms with van der Waals surface area (Å²) in [5.41, 5.74) is 2.77. The third-order valence-electron chi connectivity index (χ3n) is 3.18. The molecule has 0 aromatic carbocycles. The maximum atomic E-state index is 4.56. The van der Waals surface area contributed by atoms with Gasteiger partial charge in [0, 0.05) is 29.9 Å². The Morgan fingerprint density at radius 2 is 2.00 bits per heavy atom. The van der Waals surface area contributed by atoms with Crippen LogP contribution in [0.4, 0.5) is 0 Å². The van der Waals surface area contributed by atoms with Gasteiger partial charge in [-0.1, -0.05) is 34.1 Å². The van der Waals surface area contributed by atoms with Crippen molar-refractivity contribution >= 4 is 0 Å². The van der Waals surface area contributed by atoms with Gasteiger partial charge >= 0.3 is 0 Å². The number of nitrogens with zero attached hydrogens (tertiary/aromatic N) is 2. The monoisotopic (exact) mass is 237 g/mol. The highest BCUT2D eigenvalue weighted by molar-refractivity contribution is 5.18. The zero-order valence-electron chi connectivity index (χ0n) is 12.0. The van der Waals surface area contributed by atoms with Crippen molar-refractivity contribution in [2.75, 3.05) is 0 Å². The number of hydrogen-bond donors (Lipinski definition) is 1. The molecule has 98 valence electrons. The molecule has 3 heteroatoms. The van der Waals surface area contributed by atoms with Crippen molar-refractivity contribution in [3.63, 3.8) is 0 Å². The lowest BCUT2D eigenvalue weighted by Gasteiger charge is -2.15.